The van der Waals surface area contributed by atoms with Crippen LogP contribution in [0.1, 0.15) is 23.3 Å². The standard InChI is InChI=1S/C24H21F2N5O3/c1-30-12-16-10-17(6-9-19(16)28-30)31-23(33)21(15-4-7-18(8-5-15)34-24(25)26)22(20(13-32)29-31)27-11-14-2-3-14/h4-10,12-14,24,27H,2-3,11H2,1H3. The van der Waals surface area contributed by atoms with Crippen LogP contribution >= 0.6 is 0 Å². The van der Waals surface area contributed by atoms with Crippen LogP contribution in [0.25, 0.3) is 27.7 Å². The van der Waals surface area contributed by atoms with E-state index in [9.17, 15) is 18.4 Å². The summed E-state index contributed by atoms with van der Waals surface area (Å²) >= 11 is 0. The summed E-state index contributed by atoms with van der Waals surface area (Å²) in [6.45, 7) is -2.35. The number of aryl methyl sites for hydroxylation is 1. The van der Waals surface area contributed by atoms with Crippen molar-refractivity contribution in [2.75, 3.05) is 11.9 Å². The predicted octanol–water partition coefficient (Wildman–Crippen LogP) is 4.02. The maximum absolute atomic E-state index is 13.7. The van der Waals surface area contributed by atoms with Gasteiger partial charge >= 0.3 is 6.61 Å². The molecule has 0 saturated heterocycles. The summed E-state index contributed by atoms with van der Waals surface area (Å²) in [6, 6.07) is 11.0. The highest BCUT2D eigenvalue weighted by Crippen LogP contribution is 2.33. The molecule has 0 unspecified atom stereocenters. The van der Waals surface area contributed by atoms with E-state index in [1.165, 1.54) is 28.9 Å². The van der Waals surface area contributed by atoms with Crippen molar-refractivity contribution in [3.63, 3.8) is 0 Å². The molecular formula is C24H21F2N5O3. The molecule has 0 radical (unpaired) electrons. The first-order chi connectivity index (χ1) is 16.4. The van der Waals surface area contributed by atoms with Crippen LogP contribution in [0.3, 0.4) is 0 Å². The maximum Gasteiger partial charge on any atom is 0.387 e. The summed E-state index contributed by atoms with van der Waals surface area (Å²) in [7, 11) is 1.80. The molecule has 1 saturated carbocycles. The number of carbonyl (C=O) groups excluding carboxylic acids is 1. The van der Waals surface area contributed by atoms with E-state index in [-0.39, 0.29) is 17.0 Å². The van der Waals surface area contributed by atoms with Crippen molar-refractivity contribution >= 4 is 22.9 Å². The third kappa shape index (κ3) is 4.26. The smallest absolute Gasteiger partial charge is 0.387 e. The molecule has 0 aliphatic heterocycles. The van der Waals surface area contributed by atoms with Crippen molar-refractivity contribution in [2.45, 2.75) is 19.5 Å². The number of anilines is 1. The average Bonchev–Trinajstić information content (AvgIpc) is 3.56. The second-order valence-corrected chi connectivity index (χ2v) is 8.24. The zero-order valence-corrected chi connectivity index (χ0v) is 18.2. The van der Waals surface area contributed by atoms with Crippen LogP contribution in [0.4, 0.5) is 14.5 Å². The third-order valence-corrected chi connectivity index (χ3v) is 5.71. The first kappa shape index (κ1) is 21.7. The van der Waals surface area contributed by atoms with Crippen molar-refractivity contribution in [3.05, 3.63) is 64.7 Å². The number of halogens is 2. The Kier molecular flexibility index (Phi) is 5.56. The average molecular weight is 465 g/mol. The SMILES string of the molecule is Cn1cc2cc(-n3nc(C=O)c(NCC4CC4)c(-c4ccc(OC(F)F)cc4)c3=O)ccc2n1. The highest BCUT2D eigenvalue weighted by molar-refractivity contribution is 5.90. The summed E-state index contributed by atoms with van der Waals surface area (Å²) in [5.41, 5.74) is 1.87. The maximum atomic E-state index is 13.7. The minimum Gasteiger partial charge on any atom is -0.435 e. The Bertz CT molecular complexity index is 1430. The fourth-order valence-electron chi connectivity index (χ4n) is 3.89. The topological polar surface area (TPSA) is 91.0 Å². The van der Waals surface area contributed by atoms with E-state index in [1.807, 2.05) is 6.20 Å². The molecule has 2 aromatic carbocycles. The van der Waals surface area contributed by atoms with Crippen molar-refractivity contribution in [2.24, 2.45) is 13.0 Å². The summed E-state index contributed by atoms with van der Waals surface area (Å²) in [5, 5.41) is 12.7. The molecule has 1 fully saturated rings. The van der Waals surface area contributed by atoms with Gasteiger partial charge in [0.1, 0.15) is 11.4 Å². The van der Waals surface area contributed by atoms with E-state index in [0.717, 1.165) is 23.7 Å². The zero-order valence-electron chi connectivity index (χ0n) is 18.2. The third-order valence-electron chi connectivity index (χ3n) is 5.71. The number of nitrogens with zero attached hydrogens (tertiary/aromatic N) is 4. The van der Waals surface area contributed by atoms with E-state index in [0.29, 0.717) is 35.7 Å². The van der Waals surface area contributed by atoms with Gasteiger partial charge in [-0.25, -0.2) is 0 Å². The molecule has 0 amide bonds. The van der Waals surface area contributed by atoms with E-state index < -0.39 is 12.2 Å². The Hall–Kier alpha value is -4.08. The lowest BCUT2D eigenvalue weighted by Crippen LogP contribution is -2.27. The van der Waals surface area contributed by atoms with Crippen LogP contribution in [0.2, 0.25) is 0 Å². The van der Waals surface area contributed by atoms with Gasteiger partial charge in [-0.15, -0.1) is 0 Å². The Balaban J connectivity index is 1.67. The fraction of sp³-hybridized carbons (Fsp3) is 0.250. The molecular weight excluding hydrogens is 444 g/mol. The van der Waals surface area contributed by atoms with Crippen LogP contribution in [0.5, 0.6) is 5.75 Å². The number of alkyl halides is 2. The summed E-state index contributed by atoms with van der Waals surface area (Å²) in [6.07, 6.45) is 4.58. The Morgan fingerprint density at radius 1 is 1.18 bits per heavy atom. The first-order valence-electron chi connectivity index (χ1n) is 10.8. The monoisotopic (exact) mass is 465 g/mol. The molecule has 174 valence electrons. The molecule has 10 heteroatoms. The van der Waals surface area contributed by atoms with Gasteiger partial charge in [0.25, 0.3) is 5.56 Å². The number of fused-ring (bicyclic) bond motifs is 1. The molecule has 1 aliphatic rings. The van der Waals surface area contributed by atoms with E-state index in [1.54, 1.807) is 29.9 Å². The molecule has 2 heterocycles. The second-order valence-electron chi connectivity index (χ2n) is 8.24. The molecule has 1 aliphatic carbocycles. The molecule has 1 N–H and O–H groups in total. The lowest BCUT2D eigenvalue weighted by Gasteiger charge is -2.16. The summed E-state index contributed by atoms with van der Waals surface area (Å²) in [5.74, 6) is 0.447. The Labute approximate surface area is 192 Å². The van der Waals surface area contributed by atoms with Crippen LogP contribution in [-0.4, -0.2) is 39.0 Å². The first-order valence-corrected chi connectivity index (χ1v) is 10.8. The van der Waals surface area contributed by atoms with E-state index in [2.05, 4.69) is 20.3 Å². The number of carbonyl (C=O) groups is 1. The van der Waals surface area contributed by atoms with E-state index in [4.69, 9.17) is 0 Å². The van der Waals surface area contributed by atoms with Gasteiger partial charge in [0.15, 0.2) is 6.29 Å². The number of nitrogens with one attached hydrogen (secondary N) is 1. The summed E-state index contributed by atoms with van der Waals surface area (Å²) in [4.78, 5) is 25.7. The largest absolute Gasteiger partial charge is 0.435 e. The van der Waals surface area contributed by atoms with Gasteiger partial charge in [0.2, 0.25) is 0 Å². The van der Waals surface area contributed by atoms with Crippen LogP contribution in [0, 0.1) is 5.92 Å². The molecule has 5 rings (SSSR count). The van der Waals surface area contributed by atoms with Crippen molar-refractivity contribution < 1.29 is 18.3 Å². The van der Waals surface area contributed by atoms with E-state index >= 15 is 0 Å². The molecule has 0 atom stereocenters. The van der Waals surface area contributed by atoms with Gasteiger partial charge in [0.05, 0.1) is 22.5 Å². The minimum atomic E-state index is -2.95. The number of benzene rings is 2. The number of aldehydes is 1. The summed E-state index contributed by atoms with van der Waals surface area (Å²) < 4.78 is 32.4. The molecule has 4 aromatic rings. The lowest BCUT2D eigenvalue weighted by molar-refractivity contribution is -0.0498. The quantitative estimate of drug-likeness (QED) is 0.395. The molecule has 2 aromatic heterocycles. The van der Waals surface area contributed by atoms with Gasteiger partial charge in [0, 0.05) is 25.2 Å². The minimum absolute atomic E-state index is 0.0294. The van der Waals surface area contributed by atoms with Gasteiger partial charge in [-0.2, -0.15) is 23.7 Å². The molecule has 34 heavy (non-hydrogen) atoms. The lowest BCUT2D eigenvalue weighted by atomic mass is 10.0. The zero-order chi connectivity index (χ0) is 23.8. The molecule has 0 bridgehead atoms. The van der Waals surface area contributed by atoms with Crippen LogP contribution in [-0.2, 0) is 7.05 Å². The Morgan fingerprint density at radius 3 is 2.62 bits per heavy atom. The van der Waals surface area contributed by atoms with Gasteiger partial charge < -0.3 is 10.1 Å². The van der Waals surface area contributed by atoms with Gasteiger partial charge in [-0.1, -0.05) is 12.1 Å². The van der Waals surface area contributed by atoms with Gasteiger partial charge in [-0.3, -0.25) is 14.3 Å². The van der Waals surface area contributed by atoms with Crippen molar-refractivity contribution in [1.29, 1.82) is 0 Å². The molecule has 8 nitrogen and oxygen atoms in total. The van der Waals surface area contributed by atoms with Gasteiger partial charge in [-0.05, 0) is 54.7 Å². The Morgan fingerprint density at radius 2 is 1.94 bits per heavy atom. The highest BCUT2D eigenvalue weighted by atomic mass is 19.3. The normalized spacial score (nSPS) is 13.4. The number of hydrogen-bond acceptors (Lipinski definition) is 6. The van der Waals surface area contributed by atoms with Crippen molar-refractivity contribution in [3.8, 4) is 22.6 Å². The molecule has 0 spiro atoms. The number of aromatic nitrogens is 4. The number of hydrogen-bond donors (Lipinski definition) is 1. The fourth-order valence-corrected chi connectivity index (χ4v) is 3.89. The second kappa shape index (κ2) is 8.69. The van der Waals surface area contributed by atoms with Crippen LogP contribution in [0.15, 0.2) is 53.5 Å². The number of ether oxygens (including phenoxy) is 1. The van der Waals surface area contributed by atoms with Crippen LogP contribution < -0.4 is 15.6 Å². The van der Waals surface area contributed by atoms with Crippen molar-refractivity contribution in [1.82, 2.24) is 19.6 Å². The predicted molar refractivity (Wildman–Crippen MR) is 123 cm³/mol. The highest BCUT2D eigenvalue weighted by Gasteiger charge is 2.25. The number of rotatable bonds is 8.